The molecule has 8 heteroatoms. The highest BCUT2D eigenvalue weighted by Gasteiger charge is 2.23. The summed E-state index contributed by atoms with van der Waals surface area (Å²) in [4.78, 5) is 25.9. The van der Waals surface area contributed by atoms with Crippen LogP contribution in [0.3, 0.4) is 0 Å². The van der Waals surface area contributed by atoms with Gasteiger partial charge >= 0.3 is 0 Å². The summed E-state index contributed by atoms with van der Waals surface area (Å²) in [5.74, 6) is 0.621. The fourth-order valence-corrected chi connectivity index (χ4v) is 4.11. The molecule has 2 amide bonds. The number of nitrogens with zero attached hydrogens (tertiary/aromatic N) is 1. The van der Waals surface area contributed by atoms with Crippen LogP contribution in [-0.4, -0.2) is 42.9 Å². The zero-order valence-electron chi connectivity index (χ0n) is 16.9. The van der Waals surface area contributed by atoms with E-state index in [1.807, 2.05) is 12.1 Å². The molecule has 3 rings (SSSR count). The number of likely N-dealkylation sites (tertiary alicyclic amines) is 1. The Labute approximate surface area is 186 Å². The molecule has 0 atom stereocenters. The number of carbonyl (C=O) groups excluding carboxylic acids is 2. The lowest BCUT2D eigenvalue weighted by atomic mass is 9.93. The fraction of sp³-hybridized carbons (Fsp3) is 0.619. The number of hydrogen-bond acceptors (Lipinski definition) is 4. The van der Waals surface area contributed by atoms with E-state index in [1.54, 1.807) is 0 Å². The Morgan fingerprint density at radius 3 is 2.45 bits per heavy atom. The Morgan fingerprint density at radius 2 is 1.79 bits per heavy atom. The molecular weight excluding hydrogens is 411 g/mol. The normalized spacial score (nSPS) is 18.3. The topological polar surface area (TPSA) is 87.5 Å². The zero-order chi connectivity index (χ0) is 19.1. The maximum atomic E-state index is 12.3. The molecule has 29 heavy (non-hydrogen) atoms. The van der Waals surface area contributed by atoms with Crippen molar-refractivity contribution in [3.63, 3.8) is 0 Å². The third kappa shape index (κ3) is 8.51. The van der Waals surface area contributed by atoms with Gasteiger partial charge in [-0.2, -0.15) is 0 Å². The number of rotatable bonds is 7. The fourth-order valence-electron chi connectivity index (χ4n) is 4.11. The highest BCUT2D eigenvalue weighted by atomic mass is 35.5. The SMILES string of the molecule is Cl.Cl.NC(=O)C1CCN(Cc2cccc(NC(=O)CCC3CCNCC3)c2)CC1. The van der Waals surface area contributed by atoms with Gasteiger partial charge in [0.25, 0.3) is 0 Å². The summed E-state index contributed by atoms with van der Waals surface area (Å²) in [5.41, 5.74) is 7.46. The minimum atomic E-state index is -0.177. The van der Waals surface area contributed by atoms with Gasteiger partial charge in [-0.05, 0) is 81.9 Å². The van der Waals surface area contributed by atoms with Gasteiger partial charge in [-0.25, -0.2) is 0 Å². The van der Waals surface area contributed by atoms with Gasteiger partial charge in [-0.1, -0.05) is 12.1 Å². The lowest BCUT2D eigenvalue weighted by Gasteiger charge is -2.30. The minimum Gasteiger partial charge on any atom is -0.369 e. The average Bonchev–Trinajstić information content (AvgIpc) is 2.68. The summed E-state index contributed by atoms with van der Waals surface area (Å²) >= 11 is 0. The Morgan fingerprint density at radius 1 is 1.10 bits per heavy atom. The number of nitrogens with two attached hydrogens (primary N) is 1. The van der Waals surface area contributed by atoms with E-state index in [4.69, 9.17) is 5.73 Å². The molecular formula is C21H34Cl2N4O2. The second-order valence-electron chi connectivity index (χ2n) is 7.93. The molecule has 0 aromatic heterocycles. The molecule has 4 N–H and O–H groups in total. The first-order valence-electron chi connectivity index (χ1n) is 10.2. The van der Waals surface area contributed by atoms with Crippen LogP contribution in [0.2, 0.25) is 0 Å². The van der Waals surface area contributed by atoms with E-state index in [0.29, 0.717) is 12.3 Å². The van der Waals surface area contributed by atoms with Gasteiger partial charge in [0.2, 0.25) is 11.8 Å². The van der Waals surface area contributed by atoms with Gasteiger partial charge in [0.15, 0.2) is 0 Å². The van der Waals surface area contributed by atoms with Crippen molar-refractivity contribution in [1.82, 2.24) is 10.2 Å². The van der Waals surface area contributed by atoms with E-state index in [1.165, 1.54) is 18.4 Å². The smallest absolute Gasteiger partial charge is 0.224 e. The molecule has 1 aromatic carbocycles. The first-order valence-corrected chi connectivity index (χ1v) is 10.2. The number of primary amides is 1. The van der Waals surface area contributed by atoms with E-state index in [2.05, 4.69) is 27.7 Å². The van der Waals surface area contributed by atoms with E-state index in [-0.39, 0.29) is 42.5 Å². The van der Waals surface area contributed by atoms with Gasteiger partial charge in [-0.15, -0.1) is 24.8 Å². The Hall–Kier alpha value is -1.34. The molecule has 6 nitrogen and oxygen atoms in total. The largest absolute Gasteiger partial charge is 0.369 e. The minimum absolute atomic E-state index is 0. The number of anilines is 1. The van der Waals surface area contributed by atoms with Gasteiger partial charge in [-0.3, -0.25) is 14.5 Å². The maximum Gasteiger partial charge on any atom is 0.224 e. The first-order chi connectivity index (χ1) is 13.1. The molecule has 0 saturated carbocycles. The van der Waals surface area contributed by atoms with Crippen LogP contribution in [0, 0.1) is 11.8 Å². The number of piperidine rings is 2. The zero-order valence-corrected chi connectivity index (χ0v) is 18.5. The summed E-state index contributed by atoms with van der Waals surface area (Å²) in [6, 6.07) is 8.09. The quantitative estimate of drug-likeness (QED) is 0.602. The highest BCUT2D eigenvalue weighted by Crippen LogP contribution is 2.21. The van der Waals surface area contributed by atoms with Crippen molar-refractivity contribution in [2.45, 2.75) is 45.1 Å². The van der Waals surface area contributed by atoms with E-state index in [9.17, 15) is 9.59 Å². The van der Waals surface area contributed by atoms with E-state index >= 15 is 0 Å². The molecule has 2 saturated heterocycles. The number of amides is 2. The highest BCUT2D eigenvalue weighted by molar-refractivity contribution is 5.90. The van der Waals surface area contributed by atoms with Crippen LogP contribution in [-0.2, 0) is 16.1 Å². The summed E-state index contributed by atoms with van der Waals surface area (Å²) in [6.45, 7) is 4.77. The second-order valence-corrected chi connectivity index (χ2v) is 7.93. The molecule has 0 aliphatic carbocycles. The third-order valence-electron chi connectivity index (χ3n) is 5.85. The Balaban J connectivity index is 0.00000210. The van der Waals surface area contributed by atoms with Crippen LogP contribution in [0.4, 0.5) is 5.69 Å². The van der Waals surface area contributed by atoms with E-state index in [0.717, 1.165) is 57.7 Å². The number of halogens is 2. The Kier molecular flexibility index (Phi) is 11.6. The summed E-state index contributed by atoms with van der Waals surface area (Å²) in [7, 11) is 0. The van der Waals surface area contributed by atoms with Crippen molar-refractivity contribution in [2.75, 3.05) is 31.5 Å². The maximum absolute atomic E-state index is 12.3. The van der Waals surface area contributed by atoms with Crippen molar-refractivity contribution in [2.24, 2.45) is 17.6 Å². The summed E-state index contributed by atoms with van der Waals surface area (Å²) < 4.78 is 0. The second kappa shape index (κ2) is 13.1. The molecule has 164 valence electrons. The van der Waals surface area contributed by atoms with Crippen LogP contribution in [0.1, 0.15) is 44.1 Å². The molecule has 2 aliphatic heterocycles. The lowest BCUT2D eigenvalue weighted by molar-refractivity contribution is -0.123. The first kappa shape index (κ1) is 25.7. The van der Waals surface area contributed by atoms with Crippen LogP contribution >= 0.6 is 24.8 Å². The molecule has 0 radical (unpaired) electrons. The van der Waals surface area contributed by atoms with E-state index < -0.39 is 0 Å². The number of carbonyl (C=O) groups is 2. The third-order valence-corrected chi connectivity index (χ3v) is 5.85. The monoisotopic (exact) mass is 444 g/mol. The van der Waals surface area contributed by atoms with Crippen molar-refractivity contribution < 1.29 is 9.59 Å². The molecule has 0 unspecified atom stereocenters. The predicted octanol–water partition coefficient (Wildman–Crippen LogP) is 2.95. The number of nitrogens with one attached hydrogen (secondary N) is 2. The van der Waals surface area contributed by atoms with Gasteiger partial charge in [0, 0.05) is 24.6 Å². The standard InChI is InChI=1S/C21H32N4O2.2ClH/c22-21(27)18-8-12-25(13-9-18)15-17-2-1-3-19(14-17)24-20(26)5-4-16-6-10-23-11-7-16;;/h1-3,14,16,18,23H,4-13,15H2,(H2,22,27)(H,24,26);2*1H. The molecule has 0 spiro atoms. The van der Waals surface area contributed by atoms with Crippen molar-refractivity contribution in [3.8, 4) is 0 Å². The van der Waals surface area contributed by atoms with Gasteiger partial charge in [0.1, 0.15) is 0 Å². The molecule has 2 heterocycles. The van der Waals surface area contributed by atoms with Crippen LogP contribution in [0.5, 0.6) is 0 Å². The summed E-state index contributed by atoms with van der Waals surface area (Å²) in [6.07, 6.45) is 5.59. The Bertz CT molecular complexity index is 645. The molecule has 0 bridgehead atoms. The van der Waals surface area contributed by atoms with Crippen molar-refractivity contribution in [3.05, 3.63) is 29.8 Å². The molecule has 2 aliphatic rings. The van der Waals surface area contributed by atoms with Crippen molar-refractivity contribution in [1.29, 1.82) is 0 Å². The van der Waals surface area contributed by atoms with Crippen LogP contribution in [0.15, 0.2) is 24.3 Å². The molecule has 2 fully saturated rings. The van der Waals surface area contributed by atoms with Crippen LogP contribution < -0.4 is 16.4 Å². The lowest BCUT2D eigenvalue weighted by Crippen LogP contribution is -2.38. The number of hydrogen-bond donors (Lipinski definition) is 3. The number of benzene rings is 1. The van der Waals surface area contributed by atoms with Crippen LogP contribution in [0.25, 0.3) is 0 Å². The average molecular weight is 445 g/mol. The predicted molar refractivity (Wildman–Crippen MR) is 122 cm³/mol. The van der Waals surface area contributed by atoms with Gasteiger partial charge < -0.3 is 16.4 Å². The molecule has 1 aromatic rings. The van der Waals surface area contributed by atoms with Crippen molar-refractivity contribution >= 4 is 42.3 Å². The van der Waals surface area contributed by atoms with Gasteiger partial charge in [0.05, 0.1) is 0 Å². The summed E-state index contributed by atoms with van der Waals surface area (Å²) in [5, 5.41) is 6.41.